The summed E-state index contributed by atoms with van der Waals surface area (Å²) in [6, 6.07) is 9.18. The summed E-state index contributed by atoms with van der Waals surface area (Å²) in [6.45, 7) is 3.16. The Morgan fingerprint density at radius 1 is 1.21 bits per heavy atom. The lowest BCUT2D eigenvalue weighted by Gasteiger charge is -2.28. The number of urea groups is 1. The number of alkyl halides is 3. The molecule has 0 spiro atoms. The molecule has 0 unspecified atom stereocenters. The second-order valence-corrected chi connectivity index (χ2v) is 8.69. The number of pyridine rings is 1. The fourth-order valence-corrected chi connectivity index (χ4v) is 4.06. The van der Waals surface area contributed by atoms with Crippen molar-refractivity contribution >= 4 is 28.6 Å². The number of halogens is 3. The number of aryl methyl sites for hydroxylation is 1. The molecule has 0 bridgehead atoms. The van der Waals surface area contributed by atoms with E-state index in [9.17, 15) is 18.0 Å². The molecule has 0 aliphatic carbocycles. The summed E-state index contributed by atoms with van der Waals surface area (Å²) >= 11 is 1.37. The van der Waals surface area contributed by atoms with Gasteiger partial charge in [0.25, 0.3) is 0 Å². The van der Waals surface area contributed by atoms with Crippen LogP contribution in [0.4, 0.5) is 23.1 Å². The highest BCUT2D eigenvalue weighted by Gasteiger charge is 2.30. The van der Waals surface area contributed by atoms with Crippen molar-refractivity contribution in [2.45, 2.75) is 32.4 Å². The highest BCUT2D eigenvalue weighted by molar-refractivity contribution is 7.15. The second kappa shape index (κ2) is 10.2. The zero-order chi connectivity index (χ0) is 24.1. The van der Waals surface area contributed by atoms with Crippen LogP contribution in [0.2, 0.25) is 0 Å². The first-order chi connectivity index (χ1) is 16.3. The van der Waals surface area contributed by atoms with Gasteiger partial charge in [-0.05, 0) is 43.0 Å². The van der Waals surface area contributed by atoms with Crippen LogP contribution >= 0.6 is 11.3 Å². The van der Waals surface area contributed by atoms with Crippen LogP contribution < -0.4 is 10.1 Å². The molecule has 34 heavy (non-hydrogen) atoms. The largest absolute Gasteiger partial charge is 0.439 e. The molecule has 3 aromatic rings. The number of aromatic nitrogens is 3. The van der Waals surface area contributed by atoms with Crippen molar-refractivity contribution in [1.29, 1.82) is 0 Å². The maximum absolute atomic E-state index is 12.7. The number of anilines is 1. The second-order valence-electron chi connectivity index (χ2n) is 7.63. The number of likely N-dealkylation sites (tertiary alicyclic amines) is 1. The van der Waals surface area contributed by atoms with Crippen LogP contribution in [0.25, 0.3) is 6.08 Å². The third kappa shape index (κ3) is 6.10. The highest BCUT2D eigenvalue weighted by Crippen LogP contribution is 2.30. The molecule has 1 aliphatic heterocycles. The Morgan fingerprint density at radius 3 is 2.65 bits per heavy atom. The van der Waals surface area contributed by atoms with Gasteiger partial charge in [0.2, 0.25) is 11.0 Å². The van der Waals surface area contributed by atoms with Crippen LogP contribution in [0.15, 0.2) is 48.2 Å². The fourth-order valence-electron chi connectivity index (χ4n) is 3.39. The van der Waals surface area contributed by atoms with Gasteiger partial charge in [-0.2, -0.15) is 13.2 Å². The van der Waals surface area contributed by atoms with Gasteiger partial charge >= 0.3 is 12.2 Å². The molecule has 1 aliphatic rings. The Bertz CT molecular complexity index is 1170. The Morgan fingerprint density at radius 2 is 2.00 bits per heavy atom. The minimum absolute atomic E-state index is 0.0820. The van der Waals surface area contributed by atoms with E-state index in [1.807, 2.05) is 19.1 Å². The van der Waals surface area contributed by atoms with Crippen molar-refractivity contribution in [3.05, 3.63) is 64.3 Å². The van der Waals surface area contributed by atoms with Gasteiger partial charge in [0.15, 0.2) is 0 Å². The van der Waals surface area contributed by atoms with Crippen LogP contribution in [0.3, 0.4) is 0 Å². The number of piperidine rings is 1. The van der Waals surface area contributed by atoms with Gasteiger partial charge in [-0.3, -0.25) is 5.32 Å². The van der Waals surface area contributed by atoms with Gasteiger partial charge in [-0.15, -0.1) is 10.2 Å². The quantitative estimate of drug-likeness (QED) is 0.474. The first-order valence-electron chi connectivity index (χ1n) is 10.7. The number of rotatable bonds is 5. The normalized spacial score (nSPS) is 14.1. The molecule has 0 radical (unpaired) electrons. The van der Waals surface area contributed by atoms with Crippen LogP contribution in [0.1, 0.15) is 35.9 Å². The molecule has 1 fully saturated rings. The van der Waals surface area contributed by atoms with Crippen LogP contribution in [-0.4, -0.2) is 39.2 Å². The lowest BCUT2D eigenvalue weighted by atomic mass is 10.0. The standard InChI is InChI=1S/C23H22F3N5O2S/c1-2-20-29-30-21(34-20)28-22(32)31-10-8-15(9-11-31)12-16-4-3-5-18(13-16)33-19-7-6-17(14-27-19)23(24,25)26/h3-7,12-14H,2,8-11H2,1H3,(H,28,30,32). The molecule has 1 aromatic carbocycles. The first kappa shape index (κ1) is 23.7. The number of carbonyl (C=O) groups excluding carboxylic acids is 1. The summed E-state index contributed by atoms with van der Waals surface area (Å²) in [5.74, 6) is 0.556. The summed E-state index contributed by atoms with van der Waals surface area (Å²) < 4.78 is 43.7. The number of ether oxygens (including phenoxy) is 1. The monoisotopic (exact) mass is 489 g/mol. The summed E-state index contributed by atoms with van der Waals surface area (Å²) in [7, 11) is 0. The molecule has 3 heterocycles. The molecule has 2 aromatic heterocycles. The minimum atomic E-state index is -4.44. The molecule has 2 amide bonds. The van der Waals surface area contributed by atoms with Crippen molar-refractivity contribution in [3.8, 4) is 11.6 Å². The van der Waals surface area contributed by atoms with Gasteiger partial charge in [0, 0.05) is 25.4 Å². The third-order valence-electron chi connectivity index (χ3n) is 5.19. The van der Waals surface area contributed by atoms with E-state index in [1.165, 1.54) is 23.0 Å². The summed E-state index contributed by atoms with van der Waals surface area (Å²) in [5, 5.41) is 12.2. The van der Waals surface area contributed by atoms with Crippen LogP contribution in [-0.2, 0) is 12.6 Å². The molecule has 178 valence electrons. The SMILES string of the molecule is CCc1nnc(NC(=O)N2CCC(=Cc3cccc(Oc4ccc(C(F)(F)F)cn4)c3)CC2)s1. The van der Waals surface area contributed by atoms with Gasteiger partial charge in [0.05, 0.1) is 5.56 Å². The van der Waals surface area contributed by atoms with Crippen molar-refractivity contribution in [2.75, 3.05) is 18.4 Å². The third-order valence-corrected chi connectivity index (χ3v) is 6.17. The van der Waals surface area contributed by atoms with Crippen molar-refractivity contribution < 1.29 is 22.7 Å². The van der Waals surface area contributed by atoms with Crippen molar-refractivity contribution in [3.63, 3.8) is 0 Å². The predicted molar refractivity (Wildman–Crippen MR) is 123 cm³/mol. The lowest BCUT2D eigenvalue weighted by molar-refractivity contribution is -0.137. The maximum Gasteiger partial charge on any atom is 0.417 e. The van der Waals surface area contributed by atoms with Crippen LogP contribution in [0, 0.1) is 0 Å². The summed E-state index contributed by atoms with van der Waals surface area (Å²) in [4.78, 5) is 18.0. The van der Waals surface area contributed by atoms with E-state index >= 15 is 0 Å². The Hall–Kier alpha value is -3.47. The van der Waals surface area contributed by atoms with Gasteiger partial charge in [-0.1, -0.05) is 42.0 Å². The highest BCUT2D eigenvalue weighted by atomic mass is 32.1. The molecular weight excluding hydrogens is 467 g/mol. The molecule has 1 saturated heterocycles. The number of hydrogen-bond donors (Lipinski definition) is 1. The molecule has 0 saturated carbocycles. The Labute approximate surface area is 198 Å². The van der Waals surface area contributed by atoms with Gasteiger partial charge in [-0.25, -0.2) is 9.78 Å². The molecule has 1 N–H and O–H groups in total. The minimum Gasteiger partial charge on any atom is -0.439 e. The molecule has 0 atom stereocenters. The zero-order valence-corrected chi connectivity index (χ0v) is 19.1. The maximum atomic E-state index is 12.7. The Kier molecular flexibility index (Phi) is 7.11. The Balaban J connectivity index is 1.33. The van der Waals surface area contributed by atoms with E-state index in [2.05, 4.69) is 20.5 Å². The van der Waals surface area contributed by atoms with Crippen molar-refractivity contribution in [1.82, 2.24) is 20.1 Å². The van der Waals surface area contributed by atoms with E-state index in [1.54, 1.807) is 23.1 Å². The molecule has 7 nitrogen and oxygen atoms in total. The average molecular weight is 490 g/mol. The first-order valence-corrected chi connectivity index (χ1v) is 11.5. The smallest absolute Gasteiger partial charge is 0.417 e. The fraction of sp³-hybridized carbons (Fsp3) is 0.304. The average Bonchev–Trinajstić information content (AvgIpc) is 3.27. The van der Waals surface area contributed by atoms with E-state index in [0.29, 0.717) is 24.0 Å². The lowest BCUT2D eigenvalue weighted by Crippen LogP contribution is -2.39. The van der Waals surface area contributed by atoms with E-state index < -0.39 is 11.7 Å². The molecular formula is C23H22F3N5O2S. The number of carbonyl (C=O) groups is 1. The number of nitrogens with zero attached hydrogens (tertiary/aromatic N) is 4. The summed E-state index contributed by atoms with van der Waals surface area (Å²) in [5.41, 5.74) is 1.27. The summed E-state index contributed by atoms with van der Waals surface area (Å²) in [6.07, 6.45) is 0.590. The topological polar surface area (TPSA) is 80.2 Å². The molecule has 4 rings (SSSR count). The van der Waals surface area contributed by atoms with E-state index in [4.69, 9.17) is 4.74 Å². The number of nitrogens with one attached hydrogen (secondary N) is 1. The number of benzene rings is 1. The molecule has 11 heteroatoms. The van der Waals surface area contributed by atoms with E-state index in [-0.39, 0.29) is 11.9 Å². The number of amides is 2. The predicted octanol–water partition coefficient (Wildman–Crippen LogP) is 6.02. The van der Waals surface area contributed by atoms with Crippen LogP contribution in [0.5, 0.6) is 11.6 Å². The number of hydrogen-bond acceptors (Lipinski definition) is 6. The van der Waals surface area contributed by atoms with E-state index in [0.717, 1.165) is 42.1 Å². The zero-order valence-electron chi connectivity index (χ0n) is 18.3. The van der Waals surface area contributed by atoms with Crippen molar-refractivity contribution in [2.24, 2.45) is 0 Å². The van der Waals surface area contributed by atoms with Gasteiger partial charge in [0.1, 0.15) is 10.8 Å². The van der Waals surface area contributed by atoms with Gasteiger partial charge < -0.3 is 9.64 Å².